The van der Waals surface area contributed by atoms with Crippen LogP contribution in [0.15, 0.2) is 51.7 Å². The van der Waals surface area contributed by atoms with Crippen molar-refractivity contribution in [2.45, 2.75) is 19.9 Å². The van der Waals surface area contributed by atoms with Gasteiger partial charge >= 0.3 is 5.76 Å². The first-order valence-corrected chi connectivity index (χ1v) is 9.37. The minimum Gasteiger partial charge on any atom is -0.408 e. The van der Waals surface area contributed by atoms with Crippen LogP contribution in [0.4, 0.5) is 10.8 Å². The maximum absolute atomic E-state index is 12.3. The van der Waals surface area contributed by atoms with E-state index in [2.05, 4.69) is 15.6 Å². The largest absolute Gasteiger partial charge is 0.419 e. The second-order valence-electron chi connectivity index (χ2n) is 6.17. The average molecular weight is 396 g/mol. The number of hydrogen-bond donors (Lipinski definition) is 2. The minimum absolute atomic E-state index is 0.108. The quantitative estimate of drug-likeness (QED) is 0.539. The molecule has 0 saturated carbocycles. The lowest BCUT2D eigenvalue weighted by molar-refractivity contribution is -0.116. The van der Waals surface area contributed by atoms with E-state index in [1.807, 2.05) is 6.07 Å². The highest BCUT2D eigenvalue weighted by Gasteiger charge is 2.12. The van der Waals surface area contributed by atoms with Crippen molar-refractivity contribution in [3.8, 4) is 0 Å². The van der Waals surface area contributed by atoms with Crippen LogP contribution in [0, 0.1) is 0 Å². The number of nitrogens with zero attached hydrogens (tertiary/aromatic N) is 2. The first-order chi connectivity index (χ1) is 13.5. The second-order valence-corrected chi connectivity index (χ2v) is 7.20. The van der Waals surface area contributed by atoms with Gasteiger partial charge in [-0.2, -0.15) is 0 Å². The topological polar surface area (TPSA) is 106 Å². The van der Waals surface area contributed by atoms with Crippen LogP contribution in [-0.4, -0.2) is 21.4 Å². The Labute approximate surface area is 162 Å². The van der Waals surface area contributed by atoms with Gasteiger partial charge in [0.2, 0.25) is 11.8 Å². The molecule has 2 aromatic carbocycles. The highest BCUT2D eigenvalue weighted by Crippen LogP contribution is 2.28. The lowest BCUT2D eigenvalue weighted by Gasteiger charge is -2.02. The number of aromatic nitrogens is 2. The summed E-state index contributed by atoms with van der Waals surface area (Å²) < 4.78 is 7.45. The number of benzene rings is 2. The smallest absolute Gasteiger partial charge is 0.408 e. The van der Waals surface area contributed by atoms with Crippen LogP contribution < -0.4 is 16.4 Å². The molecule has 0 fully saturated rings. The Morgan fingerprint density at radius 3 is 2.82 bits per heavy atom. The summed E-state index contributed by atoms with van der Waals surface area (Å²) >= 11 is 1.31. The molecule has 8 nitrogen and oxygen atoms in total. The van der Waals surface area contributed by atoms with Crippen LogP contribution >= 0.6 is 11.3 Å². The Balaban J connectivity index is 1.45. The molecule has 0 radical (unpaired) electrons. The summed E-state index contributed by atoms with van der Waals surface area (Å²) in [5.74, 6) is -0.891. The van der Waals surface area contributed by atoms with Gasteiger partial charge in [-0.1, -0.05) is 23.5 Å². The molecule has 4 rings (SSSR count). The van der Waals surface area contributed by atoms with Gasteiger partial charge in [-0.05, 0) is 30.3 Å². The normalized spacial score (nSPS) is 11.0. The summed E-state index contributed by atoms with van der Waals surface area (Å²) in [6, 6.07) is 12.4. The zero-order valence-corrected chi connectivity index (χ0v) is 15.7. The predicted molar refractivity (Wildman–Crippen MR) is 108 cm³/mol. The molecule has 28 heavy (non-hydrogen) atoms. The molecule has 0 aliphatic heterocycles. The summed E-state index contributed by atoms with van der Waals surface area (Å²) in [5.41, 5.74) is 2.55. The van der Waals surface area contributed by atoms with Crippen LogP contribution in [0.5, 0.6) is 0 Å². The number of para-hydroxylation sites is 2. The van der Waals surface area contributed by atoms with Crippen LogP contribution in [0.3, 0.4) is 0 Å². The van der Waals surface area contributed by atoms with Gasteiger partial charge in [0, 0.05) is 25.6 Å². The van der Waals surface area contributed by atoms with E-state index in [1.165, 1.54) is 22.8 Å². The standard InChI is InChI=1S/C19H16N4O4S/c1-11(24)20-12-6-7-13-16(10-12)28-18(21-13)22-17(25)8-9-23-14-4-2-3-5-15(14)27-19(23)26/h2-7,10H,8-9H2,1H3,(H,20,24)(H,21,22,25). The Morgan fingerprint density at radius 2 is 2.00 bits per heavy atom. The van der Waals surface area contributed by atoms with Gasteiger partial charge in [0.15, 0.2) is 10.7 Å². The van der Waals surface area contributed by atoms with Crippen molar-refractivity contribution in [2.75, 3.05) is 10.6 Å². The van der Waals surface area contributed by atoms with Gasteiger partial charge in [0.1, 0.15) is 0 Å². The zero-order valence-electron chi connectivity index (χ0n) is 14.9. The second kappa shape index (κ2) is 7.28. The fraction of sp³-hybridized carbons (Fsp3) is 0.158. The molecular weight excluding hydrogens is 380 g/mol. The van der Waals surface area contributed by atoms with Gasteiger partial charge in [0.25, 0.3) is 0 Å². The number of thiazole rings is 1. The van der Waals surface area contributed by atoms with Crippen molar-refractivity contribution in [2.24, 2.45) is 0 Å². The number of rotatable bonds is 5. The van der Waals surface area contributed by atoms with Crippen LogP contribution in [-0.2, 0) is 16.1 Å². The summed E-state index contributed by atoms with van der Waals surface area (Å²) in [5, 5.41) is 5.93. The van der Waals surface area contributed by atoms with Gasteiger partial charge in [-0.3, -0.25) is 14.2 Å². The summed E-state index contributed by atoms with van der Waals surface area (Å²) in [6.07, 6.45) is 0.108. The minimum atomic E-state index is -0.487. The van der Waals surface area contributed by atoms with Gasteiger partial charge < -0.3 is 15.1 Å². The van der Waals surface area contributed by atoms with E-state index in [0.717, 1.165) is 10.2 Å². The van der Waals surface area contributed by atoms with Crippen molar-refractivity contribution in [3.63, 3.8) is 0 Å². The summed E-state index contributed by atoms with van der Waals surface area (Å²) in [4.78, 5) is 39.8. The molecule has 0 aliphatic rings. The number of fused-ring (bicyclic) bond motifs is 2. The third-order valence-corrected chi connectivity index (χ3v) is 5.02. The Kier molecular flexibility index (Phi) is 4.66. The molecule has 2 aromatic heterocycles. The molecular formula is C19H16N4O4S. The third-order valence-electron chi connectivity index (χ3n) is 4.09. The summed E-state index contributed by atoms with van der Waals surface area (Å²) in [7, 11) is 0. The molecule has 4 aromatic rings. The number of nitrogens with one attached hydrogen (secondary N) is 2. The third kappa shape index (κ3) is 3.65. The molecule has 2 amide bonds. The number of carbonyl (C=O) groups is 2. The SMILES string of the molecule is CC(=O)Nc1ccc2nc(NC(=O)CCn3c(=O)oc4ccccc43)sc2c1. The van der Waals surface area contributed by atoms with E-state index >= 15 is 0 Å². The van der Waals surface area contributed by atoms with Gasteiger partial charge in [-0.25, -0.2) is 9.78 Å². The zero-order chi connectivity index (χ0) is 19.7. The predicted octanol–water partition coefficient (Wildman–Crippen LogP) is 3.19. The van der Waals surface area contributed by atoms with E-state index in [9.17, 15) is 14.4 Å². The van der Waals surface area contributed by atoms with Crippen LogP contribution in [0.25, 0.3) is 21.3 Å². The van der Waals surface area contributed by atoms with Crippen LogP contribution in [0.1, 0.15) is 13.3 Å². The maximum Gasteiger partial charge on any atom is 0.419 e. The van der Waals surface area contributed by atoms with E-state index < -0.39 is 5.76 Å². The van der Waals surface area contributed by atoms with E-state index in [-0.39, 0.29) is 24.8 Å². The van der Waals surface area contributed by atoms with Crippen molar-refractivity contribution in [3.05, 3.63) is 53.0 Å². The Morgan fingerprint density at radius 1 is 1.18 bits per heavy atom. The molecule has 0 spiro atoms. The molecule has 0 bridgehead atoms. The van der Waals surface area contributed by atoms with Crippen molar-refractivity contribution >= 4 is 55.3 Å². The molecule has 0 aliphatic carbocycles. The fourth-order valence-corrected chi connectivity index (χ4v) is 3.80. The van der Waals surface area contributed by atoms with Crippen molar-refractivity contribution < 1.29 is 14.0 Å². The van der Waals surface area contributed by atoms with Crippen molar-refractivity contribution in [1.29, 1.82) is 0 Å². The molecule has 0 saturated heterocycles. The highest BCUT2D eigenvalue weighted by atomic mass is 32.1. The number of oxazole rings is 1. The Hall–Kier alpha value is -3.46. The molecule has 2 N–H and O–H groups in total. The number of aryl methyl sites for hydroxylation is 1. The number of anilines is 2. The molecule has 2 heterocycles. The molecule has 0 unspecified atom stereocenters. The van der Waals surface area contributed by atoms with E-state index in [1.54, 1.807) is 36.4 Å². The summed E-state index contributed by atoms with van der Waals surface area (Å²) in [6.45, 7) is 1.65. The average Bonchev–Trinajstić information content (AvgIpc) is 3.18. The number of hydrogen-bond acceptors (Lipinski definition) is 6. The van der Waals surface area contributed by atoms with Gasteiger partial charge in [0.05, 0.1) is 15.7 Å². The highest BCUT2D eigenvalue weighted by molar-refractivity contribution is 7.22. The van der Waals surface area contributed by atoms with Crippen LogP contribution in [0.2, 0.25) is 0 Å². The first kappa shape index (κ1) is 17.9. The lowest BCUT2D eigenvalue weighted by atomic mass is 10.3. The maximum atomic E-state index is 12.3. The first-order valence-electron chi connectivity index (χ1n) is 8.56. The molecule has 9 heteroatoms. The molecule has 142 valence electrons. The van der Waals surface area contributed by atoms with E-state index in [4.69, 9.17) is 4.42 Å². The monoisotopic (exact) mass is 396 g/mol. The van der Waals surface area contributed by atoms with Crippen molar-refractivity contribution in [1.82, 2.24) is 9.55 Å². The Bertz CT molecular complexity index is 1250. The van der Waals surface area contributed by atoms with E-state index in [0.29, 0.717) is 21.9 Å². The fourth-order valence-electron chi connectivity index (χ4n) is 2.88. The molecule has 0 atom stereocenters. The lowest BCUT2D eigenvalue weighted by Crippen LogP contribution is -2.19. The number of carbonyl (C=O) groups excluding carboxylic acids is 2. The van der Waals surface area contributed by atoms with Gasteiger partial charge in [-0.15, -0.1) is 0 Å². The number of amides is 2.